The van der Waals surface area contributed by atoms with E-state index in [2.05, 4.69) is 25.6 Å². The maximum absolute atomic E-state index is 13.8. The van der Waals surface area contributed by atoms with Crippen LogP contribution in [0.15, 0.2) is 24.5 Å². The van der Waals surface area contributed by atoms with Crippen LogP contribution in [0.1, 0.15) is 12.1 Å². The van der Waals surface area contributed by atoms with Crippen LogP contribution in [0, 0.1) is 17.6 Å². The Bertz CT molecular complexity index is 611. The quantitative estimate of drug-likeness (QED) is 0.902. The topological polar surface area (TPSA) is 62.7 Å². The van der Waals surface area contributed by atoms with Gasteiger partial charge in [-0.2, -0.15) is 0 Å². The van der Waals surface area contributed by atoms with Gasteiger partial charge in [0.1, 0.15) is 11.6 Å². The minimum absolute atomic E-state index is 0.261. The molecule has 5 nitrogen and oxygen atoms in total. The van der Waals surface area contributed by atoms with E-state index in [4.69, 9.17) is 0 Å². The molecule has 1 aliphatic rings. The highest BCUT2D eigenvalue weighted by atomic mass is 19.1. The Kier molecular flexibility index (Phi) is 4.01. The van der Waals surface area contributed by atoms with Crippen LogP contribution >= 0.6 is 0 Å². The number of hydrogen-bond donors (Lipinski definition) is 2. The van der Waals surface area contributed by atoms with Crippen molar-refractivity contribution in [3.8, 4) is 0 Å². The maximum Gasteiger partial charge on any atom is 0.228 e. The van der Waals surface area contributed by atoms with Gasteiger partial charge < -0.3 is 10.6 Å². The van der Waals surface area contributed by atoms with Crippen molar-refractivity contribution in [3.05, 3.63) is 41.9 Å². The van der Waals surface area contributed by atoms with Crippen molar-refractivity contribution < 1.29 is 8.78 Å². The van der Waals surface area contributed by atoms with Gasteiger partial charge in [0.2, 0.25) is 5.95 Å². The molecule has 0 spiro atoms. The third-order valence-corrected chi connectivity index (χ3v) is 3.43. The van der Waals surface area contributed by atoms with Crippen LogP contribution in [0.4, 0.5) is 20.5 Å². The van der Waals surface area contributed by atoms with E-state index >= 15 is 0 Å². The van der Waals surface area contributed by atoms with Crippen LogP contribution in [0.5, 0.6) is 0 Å². The zero-order valence-electron chi connectivity index (χ0n) is 11.3. The molecule has 3 rings (SSSR count). The lowest BCUT2D eigenvalue weighted by atomic mass is 10.0. The fourth-order valence-electron chi connectivity index (χ4n) is 2.33. The minimum Gasteiger partial charge on any atom is -0.316 e. The van der Waals surface area contributed by atoms with Crippen LogP contribution in [0.3, 0.4) is 0 Å². The fourth-order valence-corrected chi connectivity index (χ4v) is 2.33. The molecule has 7 heteroatoms. The van der Waals surface area contributed by atoms with Gasteiger partial charge in [0.05, 0.1) is 18.1 Å². The van der Waals surface area contributed by atoms with E-state index in [0.717, 1.165) is 31.9 Å². The first-order valence-corrected chi connectivity index (χ1v) is 6.81. The van der Waals surface area contributed by atoms with Crippen molar-refractivity contribution in [2.75, 3.05) is 18.4 Å². The van der Waals surface area contributed by atoms with Crippen molar-refractivity contribution in [2.24, 2.45) is 5.92 Å². The molecule has 1 atom stereocenters. The molecule has 1 saturated heterocycles. The van der Waals surface area contributed by atoms with Gasteiger partial charge in [-0.3, -0.25) is 0 Å². The Morgan fingerprint density at radius 2 is 2.14 bits per heavy atom. The Morgan fingerprint density at radius 1 is 1.24 bits per heavy atom. The van der Waals surface area contributed by atoms with E-state index in [1.54, 1.807) is 0 Å². The van der Waals surface area contributed by atoms with E-state index in [1.165, 1.54) is 12.1 Å². The number of aromatic nitrogens is 3. The summed E-state index contributed by atoms with van der Waals surface area (Å²) in [6.45, 7) is 1.84. The van der Waals surface area contributed by atoms with Gasteiger partial charge >= 0.3 is 0 Å². The second-order valence-corrected chi connectivity index (χ2v) is 5.04. The Labute approximate surface area is 120 Å². The summed E-state index contributed by atoms with van der Waals surface area (Å²) in [5.74, 6) is 0.244. The molecular formula is C14H15F2N5. The van der Waals surface area contributed by atoms with Crippen molar-refractivity contribution >= 4 is 11.8 Å². The summed E-state index contributed by atoms with van der Waals surface area (Å²) in [5, 5.41) is 6.09. The lowest BCUT2D eigenvalue weighted by Gasteiger charge is -2.10. The monoisotopic (exact) mass is 291 g/mol. The Morgan fingerprint density at radius 3 is 2.86 bits per heavy atom. The molecule has 110 valence electrons. The number of nitrogens with one attached hydrogen (secondary N) is 2. The van der Waals surface area contributed by atoms with Crippen molar-refractivity contribution in [3.63, 3.8) is 0 Å². The van der Waals surface area contributed by atoms with Crippen LogP contribution in [-0.4, -0.2) is 28.0 Å². The molecule has 1 aliphatic heterocycles. The standard InChI is InChI=1S/C14H15F2N5/c15-10-1-2-13(18-7-10)21-14-19-8-11(16)12(20-14)5-9-3-4-17-6-9/h1-2,7-9,17H,3-6H2,(H,18,19,20,21). The van der Waals surface area contributed by atoms with E-state index in [0.29, 0.717) is 23.9 Å². The fraction of sp³-hybridized carbons (Fsp3) is 0.357. The lowest BCUT2D eigenvalue weighted by molar-refractivity contribution is 0.528. The van der Waals surface area contributed by atoms with Crippen molar-refractivity contribution in [2.45, 2.75) is 12.8 Å². The molecule has 2 aromatic rings. The van der Waals surface area contributed by atoms with Crippen molar-refractivity contribution in [1.29, 1.82) is 0 Å². The normalized spacial score (nSPS) is 17.9. The highest BCUT2D eigenvalue weighted by molar-refractivity contribution is 5.47. The molecule has 2 N–H and O–H groups in total. The number of anilines is 2. The third kappa shape index (κ3) is 3.49. The first kappa shape index (κ1) is 13.8. The first-order valence-electron chi connectivity index (χ1n) is 6.81. The number of halogens is 2. The van der Waals surface area contributed by atoms with Gasteiger partial charge in [-0.1, -0.05) is 0 Å². The molecule has 21 heavy (non-hydrogen) atoms. The third-order valence-electron chi connectivity index (χ3n) is 3.43. The summed E-state index contributed by atoms with van der Waals surface area (Å²) in [7, 11) is 0. The van der Waals surface area contributed by atoms with E-state index in [-0.39, 0.29) is 5.95 Å². The average Bonchev–Trinajstić information content (AvgIpc) is 2.98. The first-order chi connectivity index (χ1) is 10.2. The molecule has 0 aromatic carbocycles. The molecule has 1 fully saturated rings. The van der Waals surface area contributed by atoms with E-state index in [9.17, 15) is 8.78 Å². The summed E-state index contributed by atoms with van der Waals surface area (Å²) in [6.07, 6.45) is 3.84. The van der Waals surface area contributed by atoms with Gasteiger partial charge in [0.25, 0.3) is 0 Å². The molecule has 0 bridgehead atoms. The molecule has 0 saturated carbocycles. The van der Waals surface area contributed by atoms with Crippen LogP contribution in [0.2, 0.25) is 0 Å². The summed E-state index contributed by atoms with van der Waals surface area (Å²) < 4.78 is 26.6. The summed E-state index contributed by atoms with van der Waals surface area (Å²) in [4.78, 5) is 11.9. The largest absolute Gasteiger partial charge is 0.316 e. The van der Waals surface area contributed by atoms with Crippen LogP contribution in [-0.2, 0) is 6.42 Å². The SMILES string of the molecule is Fc1ccc(Nc2ncc(F)c(CC3CCNC3)n2)nc1. The molecule has 0 radical (unpaired) electrons. The van der Waals surface area contributed by atoms with Gasteiger partial charge in [-0.05, 0) is 44.0 Å². The summed E-state index contributed by atoms with van der Waals surface area (Å²) >= 11 is 0. The van der Waals surface area contributed by atoms with Gasteiger partial charge in [-0.15, -0.1) is 0 Å². The Balaban J connectivity index is 1.74. The highest BCUT2D eigenvalue weighted by Crippen LogP contribution is 2.18. The summed E-state index contributed by atoms with van der Waals surface area (Å²) in [5.41, 5.74) is 0.392. The zero-order chi connectivity index (χ0) is 14.7. The molecule has 0 aliphatic carbocycles. The second kappa shape index (κ2) is 6.09. The smallest absolute Gasteiger partial charge is 0.228 e. The van der Waals surface area contributed by atoms with E-state index in [1.807, 2.05) is 0 Å². The minimum atomic E-state index is -0.421. The molecule has 0 amide bonds. The number of nitrogens with zero attached hydrogens (tertiary/aromatic N) is 3. The number of pyridine rings is 1. The lowest BCUT2D eigenvalue weighted by Crippen LogP contribution is -2.13. The second-order valence-electron chi connectivity index (χ2n) is 5.04. The molecule has 2 aromatic heterocycles. The average molecular weight is 291 g/mol. The number of rotatable bonds is 4. The predicted molar refractivity (Wildman–Crippen MR) is 74.1 cm³/mol. The van der Waals surface area contributed by atoms with Crippen molar-refractivity contribution in [1.82, 2.24) is 20.3 Å². The Hall–Kier alpha value is -2.15. The predicted octanol–water partition coefficient (Wildman–Crippen LogP) is 2.05. The van der Waals surface area contributed by atoms with Gasteiger partial charge in [0, 0.05) is 0 Å². The van der Waals surface area contributed by atoms with Crippen LogP contribution < -0.4 is 10.6 Å². The van der Waals surface area contributed by atoms with Gasteiger partial charge in [-0.25, -0.2) is 23.7 Å². The summed E-state index contributed by atoms with van der Waals surface area (Å²) in [6, 6.07) is 2.76. The maximum atomic E-state index is 13.8. The molecule has 1 unspecified atom stereocenters. The zero-order valence-corrected chi connectivity index (χ0v) is 11.3. The van der Waals surface area contributed by atoms with Crippen LogP contribution in [0.25, 0.3) is 0 Å². The highest BCUT2D eigenvalue weighted by Gasteiger charge is 2.18. The molecular weight excluding hydrogens is 276 g/mol. The van der Waals surface area contributed by atoms with E-state index < -0.39 is 11.6 Å². The van der Waals surface area contributed by atoms with Gasteiger partial charge in [0.15, 0.2) is 5.82 Å². The number of hydrogen-bond acceptors (Lipinski definition) is 5. The molecule has 3 heterocycles.